The van der Waals surface area contributed by atoms with Crippen molar-refractivity contribution in [2.75, 3.05) is 33.4 Å². The van der Waals surface area contributed by atoms with Gasteiger partial charge < -0.3 is 10.1 Å². The zero-order valence-corrected chi connectivity index (χ0v) is 12.6. The summed E-state index contributed by atoms with van der Waals surface area (Å²) in [4.78, 5) is 2.53. The Morgan fingerprint density at radius 1 is 1.18 bits per heavy atom. The van der Waals surface area contributed by atoms with Crippen LogP contribution >= 0.6 is 0 Å². The monoisotopic (exact) mass is 244 g/mol. The van der Waals surface area contributed by atoms with Crippen molar-refractivity contribution in [2.45, 2.75) is 53.1 Å². The Bertz CT molecular complexity index is 174. The Hall–Kier alpha value is -0.120. The van der Waals surface area contributed by atoms with Crippen LogP contribution in [0.5, 0.6) is 0 Å². The quantitative estimate of drug-likeness (QED) is 0.638. The van der Waals surface area contributed by atoms with E-state index in [2.05, 4.69) is 44.8 Å². The van der Waals surface area contributed by atoms with Crippen LogP contribution in [0.4, 0.5) is 0 Å². The largest absolute Gasteiger partial charge is 0.383 e. The average molecular weight is 244 g/mol. The van der Waals surface area contributed by atoms with E-state index in [1.807, 2.05) is 0 Å². The molecule has 0 aromatic heterocycles. The molecule has 0 aromatic carbocycles. The molecule has 0 amide bonds. The fourth-order valence-electron chi connectivity index (χ4n) is 2.00. The third-order valence-corrected chi connectivity index (χ3v) is 3.20. The first kappa shape index (κ1) is 16.9. The number of nitrogens with one attached hydrogen (secondary N) is 1. The van der Waals surface area contributed by atoms with Gasteiger partial charge in [-0.05, 0) is 32.7 Å². The predicted octanol–water partition coefficient (Wildman–Crippen LogP) is 2.37. The molecule has 0 spiro atoms. The second-order valence-corrected chi connectivity index (χ2v) is 5.36. The maximum absolute atomic E-state index is 5.20. The summed E-state index contributed by atoms with van der Waals surface area (Å²) in [6.07, 6.45) is 1.19. The van der Waals surface area contributed by atoms with Crippen LogP contribution in [0.15, 0.2) is 0 Å². The second-order valence-electron chi connectivity index (χ2n) is 5.36. The lowest BCUT2D eigenvalue weighted by Gasteiger charge is -2.34. The molecule has 0 aromatic rings. The van der Waals surface area contributed by atoms with Gasteiger partial charge >= 0.3 is 0 Å². The molecule has 0 radical (unpaired) electrons. The molecule has 1 N–H and O–H groups in total. The fourth-order valence-corrected chi connectivity index (χ4v) is 2.00. The molecule has 0 heterocycles. The molecular formula is C14H32N2O. The molecule has 0 aliphatic rings. The summed E-state index contributed by atoms with van der Waals surface area (Å²) in [6, 6.07) is 1.09. The lowest BCUT2D eigenvalue weighted by atomic mass is 10.1. The van der Waals surface area contributed by atoms with Crippen LogP contribution in [0.25, 0.3) is 0 Å². The van der Waals surface area contributed by atoms with Crippen molar-refractivity contribution in [2.24, 2.45) is 5.92 Å². The van der Waals surface area contributed by atoms with Crippen molar-refractivity contribution in [3.8, 4) is 0 Å². The summed E-state index contributed by atoms with van der Waals surface area (Å²) >= 11 is 0. The number of rotatable bonds is 10. The number of ether oxygens (including phenoxy) is 1. The summed E-state index contributed by atoms with van der Waals surface area (Å²) < 4.78 is 5.20. The van der Waals surface area contributed by atoms with Gasteiger partial charge in [0.1, 0.15) is 0 Å². The van der Waals surface area contributed by atoms with Gasteiger partial charge in [-0.25, -0.2) is 0 Å². The molecule has 104 valence electrons. The van der Waals surface area contributed by atoms with Crippen LogP contribution in [-0.4, -0.2) is 50.3 Å². The maximum atomic E-state index is 5.20. The summed E-state index contributed by atoms with van der Waals surface area (Å²) in [5.74, 6) is 0.702. The third kappa shape index (κ3) is 7.74. The van der Waals surface area contributed by atoms with Gasteiger partial charge in [0.25, 0.3) is 0 Å². The molecule has 0 aliphatic heterocycles. The van der Waals surface area contributed by atoms with E-state index in [1.165, 1.54) is 6.42 Å². The highest BCUT2D eigenvalue weighted by atomic mass is 16.5. The van der Waals surface area contributed by atoms with Gasteiger partial charge in [0.05, 0.1) is 6.61 Å². The molecule has 0 bridgehead atoms. The molecule has 2 unspecified atom stereocenters. The van der Waals surface area contributed by atoms with Crippen molar-refractivity contribution >= 4 is 0 Å². The van der Waals surface area contributed by atoms with Crippen LogP contribution < -0.4 is 5.32 Å². The zero-order chi connectivity index (χ0) is 13.3. The number of nitrogens with zero attached hydrogens (tertiary/aromatic N) is 1. The topological polar surface area (TPSA) is 24.5 Å². The summed E-state index contributed by atoms with van der Waals surface area (Å²) in [6.45, 7) is 15.4. The molecule has 0 saturated carbocycles. The van der Waals surface area contributed by atoms with Crippen LogP contribution in [0.3, 0.4) is 0 Å². The fraction of sp³-hybridized carbons (Fsp3) is 1.00. The highest BCUT2D eigenvalue weighted by molar-refractivity contribution is 4.78. The Morgan fingerprint density at radius 3 is 2.29 bits per heavy atom. The lowest BCUT2D eigenvalue weighted by molar-refractivity contribution is 0.102. The summed E-state index contributed by atoms with van der Waals surface area (Å²) in [7, 11) is 1.77. The minimum absolute atomic E-state index is 0.533. The second kappa shape index (κ2) is 9.86. The highest BCUT2D eigenvalue weighted by Crippen LogP contribution is 2.08. The van der Waals surface area contributed by atoms with Crippen LogP contribution in [-0.2, 0) is 4.74 Å². The van der Waals surface area contributed by atoms with Gasteiger partial charge in [-0.1, -0.05) is 20.8 Å². The minimum Gasteiger partial charge on any atom is -0.383 e. The Kier molecular flexibility index (Phi) is 9.79. The first-order valence-corrected chi connectivity index (χ1v) is 6.99. The van der Waals surface area contributed by atoms with Gasteiger partial charge in [-0.3, -0.25) is 4.90 Å². The summed E-state index contributed by atoms with van der Waals surface area (Å²) in [5, 5.41) is 3.58. The first-order chi connectivity index (χ1) is 8.02. The highest BCUT2D eigenvalue weighted by Gasteiger charge is 2.19. The van der Waals surface area contributed by atoms with Gasteiger partial charge in [-0.15, -0.1) is 0 Å². The van der Waals surface area contributed by atoms with Crippen LogP contribution in [0.2, 0.25) is 0 Å². The Labute approximate surface area is 108 Å². The molecular weight excluding hydrogens is 212 g/mol. The van der Waals surface area contributed by atoms with E-state index >= 15 is 0 Å². The zero-order valence-electron chi connectivity index (χ0n) is 12.6. The van der Waals surface area contributed by atoms with Crippen molar-refractivity contribution < 1.29 is 4.74 Å². The van der Waals surface area contributed by atoms with Crippen molar-refractivity contribution in [3.63, 3.8) is 0 Å². The van der Waals surface area contributed by atoms with Crippen LogP contribution in [0.1, 0.15) is 41.0 Å². The number of hydrogen-bond donors (Lipinski definition) is 1. The first-order valence-electron chi connectivity index (χ1n) is 6.99. The third-order valence-electron chi connectivity index (χ3n) is 3.20. The minimum atomic E-state index is 0.533. The van der Waals surface area contributed by atoms with Crippen molar-refractivity contribution in [1.29, 1.82) is 0 Å². The van der Waals surface area contributed by atoms with Gasteiger partial charge in [-0.2, -0.15) is 0 Å². The molecule has 17 heavy (non-hydrogen) atoms. The van der Waals surface area contributed by atoms with E-state index in [0.29, 0.717) is 18.0 Å². The molecule has 0 saturated heterocycles. The van der Waals surface area contributed by atoms with E-state index in [0.717, 1.165) is 26.2 Å². The molecule has 2 atom stereocenters. The van der Waals surface area contributed by atoms with E-state index in [4.69, 9.17) is 4.74 Å². The van der Waals surface area contributed by atoms with Gasteiger partial charge in [0.15, 0.2) is 0 Å². The number of methoxy groups -OCH3 is 1. The average Bonchev–Trinajstić information content (AvgIpc) is 2.29. The number of hydrogen-bond acceptors (Lipinski definition) is 3. The maximum Gasteiger partial charge on any atom is 0.0589 e. The Balaban J connectivity index is 4.22. The Morgan fingerprint density at radius 2 is 1.82 bits per heavy atom. The molecule has 3 heteroatoms. The lowest BCUT2D eigenvalue weighted by Crippen LogP contribution is -2.49. The normalized spacial score (nSPS) is 15.5. The van der Waals surface area contributed by atoms with Crippen LogP contribution in [0, 0.1) is 5.92 Å². The van der Waals surface area contributed by atoms with Crippen molar-refractivity contribution in [3.05, 3.63) is 0 Å². The van der Waals surface area contributed by atoms with E-state index in [1.54, 1.807) is 7.11 Å². The van der Waals surface area contributed by atoms with Crippen molar-refractivity contribution in [1.82, 2.24) is 10.2 Å². The SMILES string of the molecule is CCCNC(C)C(C)N(CCOC)CC(C)C. The predicted molar refractivity (Wildman–Crippen MR) is 75.5 cm³/mol. The van der Waals surface area contributed by atoms with E-state index in [9.17, 15) is 0 Å². The van der Waals surface area contributed by atoms with Gasteiger partial charge in [0, 0.05) is 32.3 Å². The molecule has 0 rings (SSSR count). The van der Waals surface area contributed by atoms with E-state index in [-0.39, 0.29) is 0 Å². The standard InChI is InChI=1S/C14H32N2O/c1-7-8-15-13(4)14(5)16(9-10-17-6)11-12(2)3/h12-15H,7-11H2,1-6H3. The molecule has 0 fully saturated rings. The van der Waals surface area contributed by atoms with Gasteiger partial charge in [0.2, 0.25) is 0 Å². The smallest absolute Gasteiger partial charge is 0.0589 e. The summed E-state index contributed by atoms with van der Waals surface area (Å²) in [5.41, 5.74) is 0. The van der Waals surface area contributed by atoms with E-state index < -0.39 is 0 Å². The molecule has 0 aliphatic carbocycles. The molecule has 3 nitrogen and oxygen atoms in total.